The van der Waals surface area contributed by atoms with Crippen molar-refractivity contribution in [3.63, 3.8) is 0 Å². The van der Waals surface area contributed by atoms with Gasteiger partial charge in [-0.1, -0.05) is 13.8 Å². The predicted octanol–water partition coefficient (Wildman–Crippen LogP) is -0.0408. The summed E-state index contributed by atoms with van der Waals surface area (Å²) in [6.45, 7) is 4.10. The molecule has 0 aromatic carbocycles. The minimum atomic E-state index is -3.30. The molecular formula is C9H21NO4S. The first kappa shape index (κ1) is 14.8. The van der Waals surface area contributed by atoms with Crippen molar-refractivity contribution in [3.8, 4) is 0 Å². The van der Waals surface area contributed by atoms with E-state index in [2.05, 4.69) is 4.72 Å². The summed E-state index contributed by atoms with van der Waals surface area (Å²) in [5, 5.41) is 8.56. The fourth-order valence-electron chi connectivity index (χ4n) is 1.09. The van der Waals surface area contributed by atoms with Crippen molar-refractivity contribution in [2.45, 2.75) is 26.3 Å². The Bertz CT molecular complexity index is 251. The van der Waals surface area contributed by atoms with E-state index < -0.39 is 10.0 Å². The molecule has 0 fully saturated rings. The molecule has 0 spiro atoms. The number of hydrogen-bond acceptors (Lipinski definition) is 4. The van der Waals surface area contributed by atoms with E-state index in [9.17, 15) is 8.42 Å². The molecule has 0 saturated heterocycles. The first-order chi connectivity index (χ1) is 6.93. The van der Waals surface area contributed by atoms with Gasteiger partial charge in [0.15, 0.2) is 0 Å². The summed E-state index contributed by atoms with van der Waals surface area (Å²) in [7, 11) is -1.76. The van der Waals surface area contributed by atoms with Crippen LogP contribution in [0.25, 0.3) is 0 Å². The van der Waals surface area contributed by atoms with Crippen molar-refractivity contribution < 1.29 is 18.3 Å². The molecule has 0 saturated carbocycles. The van der Waals surface area contributed by atoms with E-state index in [1.807, 2.05) is 13.8 Å². The first-order valence-electron chi connectivity index (χ1n) is 5.02. The van der Waals surface area contributed by atoms with Crippen molar-refractivity contribution >= 4 is 10.0 Å². The number of ether oxygens (including phenoxy) is 1. The molecular weight excluding hydrogens is 218 g/mol. The number of methoxy groups -OCH3 is 1. The van der Waals surface area contributed by atoms with Crippen LogP contribution >= 0.6 is 0 Å². The van der Waals surface area contributed by atoms with Gasteiger partial charge >= 0.3 is 0 Å². The fraction of sp³-hybridized carbons (Fsp3) is 1.00. The number of aliphatic hydroxyl groups is 1. The third kappa shape index (κ3) is 6.83. The van der Waals surface area contributed by atoms with Crippen molar-refractivity contribution in [2.24, 2.45) is 5.92 Å². The van der Waals surface area contributed by atoms with Crippen molar-refractivity contribution in [3.05, 3.63) is 0 Å². The van der Waals surface area contributed by atoms with Crippen molar-refractivity contribution in [1.29, 1.82) is 0 Å². The highest BCUT2D eigenvalue weighted by Crippen LogP contribution is 2.04. The summed E-state index contributed by atoms with van der Waals surface area (Å²) in [6, 6.07) is -0.210. The zero-order valence-corrected chi connectivity index (χ0v) is 10.4. The lowest BCUT2D eigenvalue weighted by Crippen LogP contribution is -2.42. The molecule has 0 aliphatic carbocycles. The molecule has 0 aromatic heterocycles. The van der Waals surface area contributed by atoms with Crippen LogP contribution in [0.3, 0.4) is 0 Å². The maximum absolute atomic E-state index is 11.5. The molecule has 0 aromatic rings. The summed E-state index contributed by atoms with van der Waals surface area (Å²) in [4.78, 5) is 0. The van der Waals surface area contributed by atoms with Crippen LogP contribution in [0, 0.1) is 5.92 Å². The van der Waals surface area contributed by atoms with E-state index in [1.54, 1.807) is 0 Å². The molecule has 15 heavy (non-hydrogen) atoms. The van der Waals surface area contributed by atoms with Gasteiger partial charge in [0.2, 0.25) is 10.0 Å². The molecule has 2 N–H and O–H groups in total. The largest absolute Gasteiger partial charge is 0.396 e. The molecule has 1 atom stereocenters. The Morgan fingerprint density at radius 2 is 2.00 bits per heavy atom. The van der Waals surface area contributed by atoms with Crippen LogP contribution in [-0.2, 0) is 14.8 Å². The topological polar surface area (TPSA) is 75.6 Å². The van der Waals surface area contributed by atoms with Crippen LogP contribution in [0.15, 0.2) is 0 Å². The summed E-state index contributed by atoms with van der Waals surface area (Å²) >= 11 is 0. The zero-order chi connectivity index (χ0) is 11.9. The maximum atomic E-state index is 11.5. The van der Waals surface area contributed by atoms with Gasteiger partial charge in [-0.3, -0.25) is 0 Å². The molecule has 0 bridgehead atoms. The van der Waals surface area contributed by atoms with E-state index in [0.29, 0.717) is 6.61 Å². The van der Waals surface area contributed by atoms with E-state index in [1.165, 1.54) is 7.11 Å². The molecule has 0 amide bonds. The second kappa shape index (κ2) is 7.16. The van der Waals surface area contributed by atoms with Gasteiger partial charge < -0.3 is 9.84 Å². The van der Waals surface area contributed by atoms with Crippen LogP contribution in [0.2, 0.25) is 0 Å². The first-order valence-corrected chi connectivity index (χ1v) is 6.68. The third-order valence-corrected chi connectivity index (χ3v) is 3.54. The minimum absolute atomic E-state index is 0.0452. The second-order valence-corrected chi connectivity index (χ2v) is 5.69. The number of aliphatic hydroxyl groups excluding tert-OH is 1. The Morgan fingerprint density at radius 3 is 2.40 bits per heavy atom. The quantitative estimate of drug-likeness (QED) is 0.623. The Morgan fingerprint density at radius 1 is 1.40 bits per heavy atom. The zero-order valence-electron chi connectivity index (χ0n) is 9.56. The molecule has 0 aliphatic rings. The Balaban J connectivity index is 4.25. The number of sulfonamides is 1. The van der Waals surface area contributed by atoms with Crippen molar-refractivity contribution in [2.75, 3.05) is 26.1 Å². The lowest BCUT2D eigenvalue weighted by Gasteiger charge is -2.21. The van der Waals surface area contributed by atoms with E-state index in [-0.39, 0.29) is 30.7 Å². The van der Waals surface area contributed by atoms with E-state index in [0.717, 1.165) is 0 Å². The van der Waals surface area contributed by atoms with Crippen LogP contribution in [-0.4, -0.2) is 45.6 Å². The van der Waals surface area contributed by atoms with E-state index >= 15 is 0 Å². The molecule has 92 valence electrons. The van der Waals surface area contributed by atoms with Gasteiger partial charge in [0.1, 0.15) is 0 Å². The standard InChI is InChI=1S/C9H21NO4S/c1-8(2)9(7-14-3)10-15(12,13)6-4-5-11/h8-11H,4-7H2,1-3H3. The van der Waals surface area contributed by atoms with Gasteiger partial charge in [-0.05, 0) is 12.3 Å². The SMILES string of the molecule is COCC(NS(=O)(=O)CCCO)C(C)C. The third-order valence-electron chi connectivity index (χ3n) is 2.05. The highest BCUT2D eigenvalue weighted by atomic mass is 32.2. The smallest absolute Gasteiger partial charge is 0.212 e. The molecule has 0 heterocycles. The summed E-state index contributed by atoms with van der Waals surface area (Å²) in [6.07, 6.45) is 0.257. The van der Waals surface area contributed by atoms with Crippen LogP contribution in [0.5, 0.6) is 0 Å². The number of rotatable bonds is 8. The van der Waals surface area contributed by atoms with Crippen LogP contribution in [0.4, 0.5) is 0 Å². The average Bonchev–Trinajstić information content (AvgIpc) is 2.14. The number of nitrogens with one attached hydrogen (secondary N) is 1. The minimum Gasteiger partial charge on any atom is -0.396 e. The predicted molar refractivity (Wildman–Crippen MR) is 59.1 cm³/mol. The van der Waals surface area contributed by atoms with Gasteiger partial charge in [-0.2, -0.15) is 0 Å². The van der Waals surface area contributed by atoms with Gasteiger partial charge in [0.05, 0.1) is 12.4 Å². The number of hydrogen-bond donors (Lipinski definition) is 2. The van der Waals surface area contributed by atoms with Crippen LogP contribution < -0.4 is 4.72 Å². The van der Waals surface area contributed by atoms with E-state index in [4.69, 9.17) is 9.84 Å². The lowest BCUT2D eigenvalue weighted by atomic mass is 10.1. The summed E-state index contributed by atoms with van der Waals surface area (Å²) < 4.78 is 30.5. The second-order valence-electron chi connectivity index (χ2n) is 3.82. The molecule has 0 rings (SSSR count). The molecule has 5 nitrogen and oxygen atoms in total. The van der Waals surface area contributed by atoms with Crippen molar-refractivity contribution in [1.82, 2.24) is 4.72 Å². The summed E-state index contributed by atoms with van der Waals surface area (Å²) in [5.74, 6) is 0.130. The Labute approximate surface area is 91.9 Å². The highest BCUT2D eigenvalue weighted by Gasteiger charge is 2.20. The molecule has 0 radical (unpaired) electrons. The fourth-order valence-corrected chi connectivity index (χ4v) is 2.51. The van der Waals surface area contributed by atoms with Gasteiger partial charge in [-0.25, -0.2) is 13.1 Å². The molecule has 6 heteroatoms. The lowest BCUT2D eigenvalue weighted by molar-refractivity contribution is 0.157. The van der Waals surface area contributed by atoms with Gasteiger partial charge in [0, 0.05) is 19.8 Å². The van der Waals surface area contributed by atoms with Gasteiger partial charge in [0.25, 0.3) is 0 Å². The highest BCUT2D eigenvalue weighted by molar-refractivity contribution is 7.89. The normalized spacial score (nSPS) is 14.5. The molecule has 0 aliphatic heterocycles. The van der Waals surface area contributed by atoms with Crippen LogP contribution in [0.1, 0.15) is 20.3 Å². The summed E-state index contributed by atoms with van der Waals surface area (Å²) in [5.41, 5.74) is 0. The molecule has 1 unspecified atom stereocenters. The Kier molecular flexibility index (Phi) is 7.08. The maximum Gasteiger partial charge on any atom is 0.212 e. The monoisotopic (exact) mass is 239 g/mol. The average molecular weight is 239 g/mol. The van der Waals surface area contributed by atoms with Gasteiger partial charge in [-0.15, -0.1) is 0 Å². The Hall–Kier alpha value is -0.170.